The lowest BCUT2D eigenvalue weighted by atomic mass is 9.80. The molecule has 96 valence electrons. The van der Waals surface area contributed by atoms with Gasteiger partial charge in [0.2, 0.25) is 10.0 Å². The Bertz CT molecular complexity index is 516. The van der Waals surface area contributed by atoms with Crippen molar-refractivity contribution in [1.29, 1.82) is 0 Å². The van der Waals surface area contributed by atoms with Gasteiger partial charge < -0.3 is 5.73 Å². The number of nitrogens with two attached hydrogens (primary N) is 1. The molecule has 0 radical (unpaired) electrons. The van der Waals surface area contributed by atoms with Crippen LogP contribution in [0.3, 0.4) is 0 Å². The summed E-state index contributed by atoms with van der Waals surface area (Å²) in [5.74, 6) is 0. The predicted octanol–water partition coefficient (Wildman–Crippen LogP) is 1.74. The first kappa shape index (κ1) is 13.0. The van der Waals surface area contributed by atoms with E-state index in [9.17, 15) is 8.42 Å². The van der Waals surface area contributed by atoms with Gasteiger partial charge in [-0.15, -0.1) is 11.3 Å². The molecule has 0 atom stereocenters. The third-order valence-corrected chi connectivity index (χ3v) is 6.22. The number of aryl methyl sites for hydroxylation is 1. The molecular formula is C11H18N2O2S2. The molecule has 0 amide bonds. The maximum absolute atomic E-state index is 12.2. The van der Waals surface area contributed by atoms with Gasteiger partial charge >= 0.3 is 0 Å². The molecule has 1 heterocycles. The van der Waals surface area contributed by atoms with Crippen molar-refractivity contribution in [1.82, 2.24) is 4.72 Å². The molecule has 6 heteroatoms. The maximum Gasteiger partial charge on any atom is 0.242 e. The highest BCUT2D eigenvalue weighted by atomic mass is 32.2. The lowest BCUT2D eigenvalue weighted by molar-refractivity contribution is 0.248. The fraction of sp³-hybridized carbons (Fsp3) is 0.636. The van der Waals surface area contributed by atoms with Crippen LogP contribution in [0.4, 0.5) is 0 Å². The zero-order valence-corrected chi connectivity index (χ0v) is 11.7. The van der Waals surface area contributed by atoms with Gasteiger partial charge in [-0.2, -0.15) is 0 Å². The van der Waals surface area contributed by atoms with Gasteiger partial charge in [-0.3, -0.25) is 0 Å². The number of thiophene rings is 1. The highest BCUT2D eigenvalue weighted by Gasteiger charge is 2.36. The maximum atomic E-state index is 12.2. The van der Waals surface area contributed by atoms with E-state index < -0.39 is 10.0 Å². The zero-order valence-electron chi connectivity index (χ0n) is 10.1. The average molecular weight is 274 g/mol. The smallest absolute Gasteiger partial charge is 0.242 e. The minimum absolute atomic E-state index is 0.254. The second-order valence-electron chi connectivity index (χ2n) is 4.86. The van der Waals surface area contributed by atoms with Crippen molar-refractivity contribution >= 4 is 21.4 Å². The summed E-state index contributed by atoms with van der Waals surface area (Å²) < 4.78 is 27.3. The molecule has 2 rings (SSSR count). The van der Waals surface area contributed by atoms with E-state index in [2.05, 4.69) is 4.72 Å². The minimum Gasteiger partial charge on any atom is -0.326 e. The topological polar surface area (TPSA) is 72.2 Å². The van der Waals surface area contributed by atoms with Crippen molar-refractivity contribution in [3.8, 4) is 0 Å². The summed E-state index contributed by atoms with van der Waals surface area (Å²) in [6.07, 6.45) is 2.92. The highest BCUT2D eigenvalue weighted by Crippen LogP contribution is 2.34. The molecule has 3 N–H and O–H groups in total. The first-order valence-corrected chi connectivity index (χ1v) is 8.00. The molecule has 1 aromatic rings. The molecule has 0 unspecified atom stereocenters. The SMILES string of the molecule is Cc1sc(CN)cc1S(=O)(=O)NC1(C)CCC1. The molecule has 1 saturated carbocycles. The second-order valence-corrected chi connectivity index (χ2v) is 7.85. The molecule has 0 bridgehead atoms. The van der Waals surface area contributed by atoms with Gasteiger partial charge in [-0.1, -0.05) is 0 Å². The van der Waals surface area contributed by atoms with Crippen LogP contribution in [0.2, 0.25) is 0 Å². The van der Waals surface area contributed by atoms with Crippen LogP contribution < -0.4 is 10.5 Å². The molecule has 0 aliphatic heterocycles. The van der Waals surface area contributed by atoms with E-state index in [-0.39, 0.29) is 5.54 Å². The average Bonchev–Trinajstić information content (AvgIpc) is 2.57. The fourth-order valence-corrected chi connectivity index (χ4v) is 5.06. The number of hydrogen-bond donors (Lipinski definition) is 2. The van der Waals surface area contributed by atoms with E-state index in [1.807, 2.05) is 13.8 Å². The Hall–Kier alpha value is -0.430. The lowest BCUT2D eigenvalue weighted by Crippen LogP contribution is -2.50. The molecule has 1 fully saturated rings. The monoisotopic (exact) mass is 274 g/mol. The van der Waals surface area contributed by atoms with Gasteiger partial charge in [0.05, 0.1) is 4.90 Å². The van der Waals surface area contributed by atoms with E-state index in [0.717, 1.165) is 29.0 Å². The van der Waals surface area contributed by atoms with Gasteiger partial charge in [-0.05, 0) is 39.2 Å². The fourth-order valence-electron chi connectivity index (χ4n) is 2.08. The summed E-state index contributed by atoms with van der Waals surface area (Å²) >= 11 is 1.45. The summed E-state index contributed by atoms with van der Waals surface area (Å²) in [6.45, 7) is 4.17. The van der Waals surface area contributed by atoms with E-state index in [1.165, 1.54) is 11.3 Å². The van der Waals surface area contributed by atoms with Crippen LogP contribution in [-0.4, -0.2) is 14.0 Å². The minimum atomic E-state index is -3.39. The lowest BCUT2D eigenvalue weighted by Gasteiger charge is -2.38. The van der Waals surface area contributed by atoms with Crippen molar-refractivity contribution in [2.45, 2.75) is 50.1 Å². The van der Waals surface area contributed by atoms with Crippen LogP contribution in [-0.2, 0) is 16.6 Å². The van der Waals surface area contributed by atoms with E-state index in [1.54, 1.807) is 6.07 Å². The molecule has 0 spiro atoms. The first-order valence-electron chi connectivity index (χ1n) is 5.70. The van der Waals surface area contributed by atoms with Gasteiger partial charge in [0, 0.05) is 21.8 Å². The highest BCUT2D eigenvalue weighted by molar-refractivity contribution is 7.89. The van der Waals surface area contributed by atoms with Crippen molar-refractivity contribution < 1.29 is 8.42 Å². The zero-order chi connectivity index (χ0) is 12.7. The van der Waals surface area contributed by atoms with Crippen LogP contribution in [0, 0.1) is 6.92 Å². The van der Waals surface area contributed by atoms with Gasteiger partial charge in [0.15, 0.2) is 0 Å². The van der Waals surface area contributed by atoms with E-state index >= 15 is 0 Å². The first-order chi connectivity index (χ1) is 7.86. The quantitative estimate of drug-likeness (QED) is 0.878. The third-order valence-electron chi connectivity index (χ3n) is 3.25. The molecule has 0 saturated heterocycles. The Kier molecular flexibility index (Phi) is 3.33. The summed E-state index contributed by atoms with van der Waals surface area (Å²) in [4.78, 5) is 2.10. The van der Waals surface area contributed by atoms with Crippen LogP contribution in [0.5, 0.6) is 0 Å². The van der Waals surface area contributed by atoms with Crippen LogP contribution in [0.1, 0.15) is 35.9 Å². The summed E-state index contributed by atoms with van der Waals surface area (Å²) in [7, 11) is -3.39. The standard InChI is InChI=1S/C11H18N2O2S2/c1-8-10(6-9(7-12)16-8)17(14,15)13-11(2)4-3-5-11/h6,13H,3-5,7,12H2,1-2H3. The molecule has 1 aromatic heterocycles. The molecule has 1 aliphatic rings. The summed E-state index contributed by atoms with van der Waals surface area (Å²) in [5.41, 5.74) is 5.28. The van der Waals surface area contributed by atoms with Gasteiger partial charge in [0.25, 0.3) is 0 Å². The summed E-state index contributed by atoms with van der Waals surface area (Å²) in [5, 5.41) is 0. The number of sulfonamides is 1. The van der Waals surface area contributed by atoms with Gasteiger partial charge in [0.1, 0.15) is 0 Å². The van der Waals surface area contributed by atoms with Crippen molar-refractivity contribution in [3.05, 3.63) is 15.8 Å². The Morgan fingerprint density at radius 3 is 2.59 bits per heavy atom. The third kappa shape index (κ3) is 2.54. The number of hydrogen-bond acceptors (Lipinski definition) is 4. The van der Waals surface area contributed by atoms with Crippen LogP contribution in [0.25, 0.3) is 0 Å². The Balaban J connectivity index is 2.27. The molecule has 17 heavy (non-hydrogen) atoms. The van der Waals surface area contributed by atoms with Crippen LogP contribution >= 0.6 is 11.3 Å². The molecule has 0 aromatic carbocycles. The van der Waals surface area contributed by atoms with Crippen molar-refractivity contribution in [3.63, 3.8) is 0 Å². The van der Waals surface area contributed by atoms with Crippen molar-refractivity contribution in [2.75, 3.05) is 0 Å². The van der Waals surface area contributed by atoms with Gasteiger partial charge in [-0.25, -0.2) is 13.1 Å². The Morgan fingerprint density at radius 1 is 1.53 bits per heavy atom. The normalized spacial score (nSPS) is 19.0. The Labute approximate surface area is 106 Å². The second kappa shape index (κ2) is 4.35. The Morgan fingerprint density at radius 2 is 2.18 bits per heavy atom. The van der Waals surface area contributed by atoms with E-state index in [0.29, 0.717) is 11.4 Å². The van der Waals surface area contributed by atoms with Crippen LogP contribution in [0.15, 0.2) is 11.0 Å². The van der Waals surface area contributed by atoms with E-state index in [4.69, 9.17) is 5.73 Å². The predicted molar refractivity (Wildman–Crippen MR) is 69.5 cm³/mol. The summed E-state index contributed by atoms with van der Waals surface area (Å²) in [6, 6.07) is 1.68. The number of nitrogens with one attached hydrogen (secondary N) is 1. The largest absolute Gasteiger partial charge is 0.326 e. The molecule has 4 nitrogen and oxygen atoms in total. The molecular weight excluding hydrogens is 256 g/mol. The number of rotatable bonds is 4. The van der Waals surface area contributed by atoms with Crippen molar-refractivity contribution in [2.24, 2.45) is 5.73 Å². The molecule has 1 aliphatic carbocycles.